The number of ether oxygens (including phenoxy) is 2. The Labute approximate surface area is 133 Å². The van der Waals surface area contributed by atoms with Gasteiger partial charge in [0.25, 0.3) is 0 Å². The fraction of sp³-hybridized carbons (Fsp3) is 0.933. The topological polar surface area (TPSA) is 72.5 Å². The van der Waals surface area contributed by atoms with Crippen LogP contribution in [0.25, 0.3) is 0 Å². The van der Waals surface area contributed by atoms with Crippen LogP contribution in [0.3, 0.4) is 0 Å². The van der Waals surface area contributed by atoms with Crippen molar-refractivity contribution in [3.05, 3.63) is 0 Å². The van der Waals surface area contributed by atoms with Gasteiger partial charge in [0.15, 0.2) is 0 Å². The number of carbonyl (C=O) groups is 1. The maximum absolute atomic E-state index is 11.5. The minimum Gasteiger partial charge on any atom is -0.429 e. The van der Waals surface area contributed by atoms with Crippen LogP contribution in [0.2, 0.25) is 0 Å². The first-order valence-corrected chi connectivity index (χ1v) is 7.96. The Hall–Kier alpha value is -0.890. The molecule has 0 heterocycles. The molecule has 0 saturated heterocycles. The van der Waals surface area contributed by atoms with Crippen LogP contribution in [0.5, 0.6) is 0 Å². The van der Waals surface area contributed by atoms with Gasteiger partial charge >= 0.3 is 6.16 Å². The molecule has 2 atom stereocenters. The van der Waals surface area contributed by atoms with Gasteiger partial charge in [0.2, 0.25) is 0 Å². The van der Waals surface area contributed by atoms with Crippen molar-refractivity contribution in [2.24, 2.45) is 0 Å². The molecule has 132 valence electrons. The minimum absolute atomic E-state index is 0.157. The lowest BCUT2D eigenvalue weighted by Crippen LogP contribution is -2.26. The molecule has 0 radical (unpaired) electrons. The Kier molecular flexibility index (Phi) is 14.4. The van der Waals surface area contributed by atoms with E-state index in [1.165, 1.54) is 0 Å². The SMILES string of the molecule is CCCCOOCC(C)OC(=O)OC(C)COOCCCC. The summed E-state index contributed by atoms with van der Waals surface area (Å²) >= 11 is 0. The van der Waals surface area contributed by atoms with E-state index < -0.39 is 18.4 Å². The van der Waals surface area contributed by atoms with Gasteiger partial charge in [-0.3, -0.25) is 0 Å². The van der Waals surface area contributed by atoms with Crippen molar-refractivity contribution in [2.75, 3.05) is 26.4 Å². The minimum atomic E-state index is -0.769. The third-order valence-electron chi connectivity index (χ3n) is 2.53. The average Bonchev–Trinajstić information content (AvgIpc) is 2.46. The van der Waals surface area contributed by atoms with E-state index in [9.17, 15) is 4.79 Å². The summed E-state index contributed by atoms with van der Waals surface area (Å²) in [4.78, 5) is 31.2. The summed E-state index contributed by atoms with van der Waals surface area (Å²) in [6.07, 6.45) is 2.23. The summed E-state index contributed by atoms with van der Waals surface area (Å²) in [5.41, 5.74) is 0. The molecule has 0 N–H and O–H groups in total. The van der Waals surface area contributed by atoms with Crippen molar-refractivity contribution in [1.29, 1.82) is 0 Å². The van der Waals surface area contributed by atoms with Crippen LogP contribution in [-0.4, -0.2) is 44.8 Å². The summed E-state index contributed by atoms with van der Waals surface area (Å²) in [5.74, 6) is 0. The Morgan fingerprint density at radius 2 is 1.18 bits per heavy atom. The maximum atomic E-state index is 11.5. The number of hydrogen-bond acceptors (Lipinski definition) is 7. The van der Waals surface area contributed by atoms with E-state index in [1.807, 2.05) is 0 Å². The molecule has 0 spiro atoms. The molecule has 0 aliphatic heterocycles. The van der Waals surface area contributed by atoms with Crippen molar-refractivity contribution in [1.82, 2.24) is 0 Å². The van der Waals surface area contributed by atoms with Crippen molar-refractivity contribution in [3.63, 3.8) is 0 Å². The van der Waals surface area contributed by atoms with Crippen LogP contribution in [-0.2, 0) is 29.0 Å². The third kappa shape index (κ3) is 14.1. The normalized spacial score (nSPS) is 13.6. The summed E-state index contributed by atoms with van der Waals surface area (Å²) in [7, 11) is 0. The van der Waals surface area contributed by atoms with E-state index in [4.69, 9.17) is 29.0 Å². The molecule has 0 saturated carbocycles. The van der Waals surface area contributed by atoms with Gasteiger partial charge in [-0.05, 0) is 26.7 Å². The molecule has 22 heavy (non-hydrogen) atoms. The van der Waals surface area contributed by atoms with E-state index in [0.29, 0.717) is 13.2 Å². The van der Waals surface area contributed by atoms with Crippen molar-refractivity contribution >= 4 is 6.16 Å². The largest absolute Gasteiger partial charge is 0.508 e. The second kappa shape index (κ2) is 15.0. The molecule has 0 aromatic heterocycles. The van der Waals surface area contributed by atoms with Gasteiger partial charge in [0.1, 0.15) is 25.4 Å². The molecule has 0 fully saturated rings. The average molecular weight is 322 g/mol. The third-order valence-corrected chi connectivity index (χ3v) is 2.53. The summed E-state index contributed by atoms with van der Waals surface area (Å²) in [6, 6.07) is 0. The zero-order valence-electron chi connectivity index (χ0n) is 14.2. The zero-order valence-corrected chi connectivity index (χ0v) is 14.2. The van der Waals surface area contributed by atoms with Crippen molar-refractivity contribution < 1.29 is 33.8 Å². The van der Waals surface area contributed by atoms with Gasteiger partial charge in [-0.2, -0.15) is 0 Å². The van der Waals surface area contributed by atoms with E-state index in [-0.39, 0.29) is 13.2 Å². The second-order valence-electron chi connectivity index (χ2n) is 5.03. The molecule has 0 aliphatic rings. The number of carbonyl (C=O) groups excluding carboxylic acids is 1. The quantitative estimate of drug-likeness (QED) is 0.210. The van der Waals surface area contributed by atoms with Crippen LogP contribution in [0.4, 0.5) is 4.79 Å². The summed E-state index contributed by atoms with van der Waals surface area (Å²) in [5, 5.41) is 0. The van der Waals surface area contributed by atoms with Crippen molar-refractivity contribution in [2.45, 2.75) is 65.6 Å². The Bertz CT molecular complexity index is 236. The smallest absolute Gasteiger partial charge is 0.429 e. The lowest BCUT2D eigenvalue weighted by Gasteiger charge is -2.16. The van der Waals surface area contributed by atoms with E-state index in [2.05, 4.69) is 13.8 Å². The van der Waals surface area contributed by atoms with Gasteiger partial charge < -0.3 is 9.47 Å². The van der Waals surface area contributed by atoms with E-state index in [0.717, 1.165) is 25.7 Å². The lowest BCUT2D eigenvalue weighted by atomic mass is 10.4. The summed E-state index contributed by atoms with van der Waals surface area (Å²) in [6.45, 7) is 8.88. The van der Waals surface area contributed by atoms with Crippen LogP contribution in [0.1, 0.15) is 53.4 Å². The fourth-order valence-electron chi connectivity index (χ4n) is 1.24. The first-order chi connectivity index (χ1) is 10.6. The Morgan fingerprint density at radius 3 is 1.55 bits per heavy atom. The molecule has 7 heteroatoms. The Balaban J connectivity index is 3.56. The van der Waals surface area contributed by atoms with E-state index in [1.54, 1.807) is 13.8 Å². The molecule has 0 bridgehead atoms. The van der Waals surface area contributed by atoms with Gasteiger partial charge in [0, 0.05) is 0 Å². The lowest BCUT2D eigenvalue weighted by molar-refractivity contribution is -0.307. The molecule has 2 unspecified atom stereocenters. The molecular formula is C15H30O7. The highest BCUT2D eigenvalue weighted by Crippen LogP contribution is 2.01. The molecule has 0 aromatic rings. The molecule has 0 aliphatic carbocycles. The molecule has 0 aromatic carbocycles. The molecule has 0 rings (SSSR count). The summed E-state index contributed by atoms with van der Waals surface area (Å²) < 4.78 is 10.0. The van der Waals surface area contributed by atoms with Gasteiger partial charge in [-0.15, -0.1) is 0 Å². The van der Waals surface area contributed by atoms with Gasteiger partial charge in [0.05, 0.1) is 13.2 Å². The number of hydrogen-bond donors (Lipinski definition) is 0. The fourth-order valence-corrected chi connectivity index (χ4v) is 1.24. The van der Waals surface area contributed by atoms with Gasteiger partial charge in [-0.25, -0.2) is 24.3 Å². The Morgan fingerprint density at radius 1 is 0.773 bits per heavy atom. The second-order valence-corrected chi connectivity index (χ2v) is 5.03. The monoisotopic (exact) mass is 322 g/mol. The number of unbranched alkanes of at least 4 members (excludes halogenated alkanes) is 2. The standard InChI is InChI=1S/C15H30O7/c1-5-7-9-17-19-11-13(3)21-15(16)22-14(4)12-20-18-10-8-6-2/h13-14H,5-12H2,1-4H3. The predicted octanol–water partition coefficient (Wildman–Crippen LogP) is 3.41. The molecule has 0 amide bonds. The zero-order chi connectivity index (χ0) is 16.6. The highest BCUT2D eigenvalue weighted by atomic mass is 17.2. The van der Waals surface area contributed by atoms with Crippen LogP contribution in [0.15, 0.2) is 0 Å². The van der Waals surface area contributed by atoms with Crippen LogP contribution >= 0.6 is 0 Å². The highest BCUT2D eigenvalue weighted by molar-refractivity contribution is 5.60. The maximum Gasteiger partial charge on any atom is 0.508 e. The van der Waals surface area contributed by atoms with Crippen LogP contribution < -0.4 is 0 Å². The first-order valence-electron chi connectivity index (χ1n) is 7.96. The first kappa shape index (κ1) is 21.1. The van der Waals surface area contributed by atoms with Crippen LogP contribution in [0, 0.1) is 0 Å². The van der Waals surface area contributed by atoms with Gasteiger partial charge in [-0.1, -0.05) is 26.7 Å². The highest BCUT2D eigenvalue weighted by Gasteiger charge is 2.15. The molecule has 7 nitrogen and oxygen atoms in total. The van der Waals surface area contributed by atoms with E-state index >= 15 is 0 Å². The predicted molar refractivity (Wildman–Crippen MR) is 80.1 cm³/mol. The number of rotatable bonds is 14. The molecular weight excluding hydrogens is 292 g/mol. The van der Waals surface area contributed by atoms with Crippen molar-refractivity contribution in [3.8, 4) is 0 Å².